The highest BCUT2D eigenvalue weighted by Crippen LogP contribution is 2.33. The van der Waals surface area contributed by atoms with Crippen molar-refractivity contribution in [3.63, 3.8) is 0 Å². The molecule has 0 N–H and O–H groups in total. The SMILES string of the molecule is COc1cc2ccnc(CC(C)N3CCOCC3)c2cc1OC.Cl.Cl. The topological polar surface area (TPSA) is 43.8 Å². The summed E-state index contributed by atoms with van der Waals surface area (Å²) in [6.07, 6.45) is 2.78. The molecule has 1 unspecified atom stereocenters. The molecule has 1 aromatic heterocycles. The number of hydrogen-bond acceptors (Lipinski definition) is 5. The van der Waals surface area contributed by atoms with E-state index >= 15 is 0 Å². The minimum absolute atomic E-state index is 0. The molecule has 2 heterocycles. The molecular formula is C18H26Cl2N2O3. The van der Waals surface area contributed by atoms with E-state index in [0.717, 1.165) is 60.7 Å². The van der Waals surface area contributed by atoms with Crippen LogP contribution >= 0.6 is 24.8 Å². The Kier molecular flexibility index (Phi) is 8.73. The maximum absolute atomic E-state index is 5.44. The molecule has 0 spiro atoms. The molecule has 2 aromatic rings. The molecule has 1 saturated heterocycles. The van der Waals surface area contributed by atoms with Gasteiger partial charge in [0.15, 0.2) is 11.5 Å². The molecule has 140 valence electrons. The van der Waals surface area contributed by atoms with Crippen LogP contribution in [0.15, 0.2) is 24.4 Å². The van der Waals surface area contributed by atoms with Crippen LogP contribution in [0.2, 0.25) is 0 Å². The molecule has 7 heteroatoms. The van der Waals surface area contributed by atoms with Gasteiger partial charge in [0.05, 0.1) is 27.4 Å². The molecule has 5 nitrogen and oxygen atoms in total. The molecule has 1 aliphatic heterocycles. The second kappa shape index (κ2) is 10.0. The largest absolute Gasteiger partial charge is 0.493 e. The molecular weight excluding hydrogens is 363 g/mol. The van der Waals surface area contributed by atoms with Crippen molar-refractivity contribution in [2.24, 2.45) is 0 Å². The molecule has 3 rings (SSSR count). The lowest BCUT2D eigenvalue weighted by atomic mass is 10.0. The van der Waals surface area contributed by atoms with Crippen LogP contribution in [0.3, 0.4) is 0 Å². The van der Waals surface area contributed by atoms with Gasteiger partial charge in [0.25, 0.3) is 0 Å². The number of hydrogen-bond donors (Lipinski definition) is 0. The Morgan fingerprint density at radius 3 is 2.40 bits per heavy atom. The standard InChI is InChI=1S/C18H24N2O3.2ClH/c1-13(20-6-8-23-9-7-20)10-16-15-12-18(22-3)17(21-2)11-14(15)4-5-19-16;;/h4-5,11-13H,6-10H2,1-3H3;2*1H. The third kappa shape index (κ3) is 4.88. The monoisotopic (exact) mass is 388 g/mol. The average molecular weight is 389 g/mol. The van der Waals surface area contributed by atoms with Gasteiger partial charge in [-0.25, -0.2) is 0 Å². The van der Waals surface area contributed by atoms with Crippen molar-refractivity contribution in [2.75, 3.05) is 40.5 Å². The number of pyridine rings is 1. The number of aromatic nitrogens is 1. The number of halogens is 2. The first kappa shape index (κ1) is 21.8. The third-order valence-electron chi connectivity index (χ3n) is 4.51. The molecule has 1 fully saturated rings. The summed E-state index contributed by atoms with van der Waals surface area (Å²) >= 11 is 0. The van der Waals surface area contributed by atoms with Gasteiger partial charge < -0.3 is 14.2 Å². The highest BCUT2D eigenvalue weighted by Gasteiger charge is 2.19. The fourth-order valence-corrected chi connectivity index (χ4v) is 3.15. The maximum atomic E-state index is 5.44. The fraction of sp³-hybridized carbons (Fsp3) is 0.500. The van der Waals surface area contributed by atoms with E-state index in [-0.39, 0.29) is 24.8 Å². The molecule has 1 aliphatic rings. The second-order valence-electron chi connectivity index (χ2n) is 5.89. The summed E-state index contributed by atoms with van der Waals surface area (Å²) in [6.45, 7) is 5.87. The van der Waals surface area contributed by atoms with Crippen LogP contribution in [0.4, 0.5) is 0 Å². The van der Waals surface area contributed by atoms with Gasteiger partial charge in [0.2, 0.25) is 0 Å². The molecule has 25 heavy (non-hydrogen) atoms. The molecule has 0 amide bonds. The molecule has 0 bridgehead atoms. The summed E-state index contributed by atoms with van der Waals surface area (Å²) < 4.78 is 16.3. The molecule has 0 saturated carbocycles. The number of nitrogens with zero attached hydrogens (tertiary/aromatic N) is 2. The Bertz CT molecular complexity index is 679. The summed E-state index contributed by atoms with van der Waals surface area (Å²) in [7, 11) is 3.32. The number of ether oxygens (including phenoxy) is 3. The van der Waals surface area contributed by atoms with Crippen molar-refractivity contribution in [2.45, 2.75) is 19.4 Å². The second-order valence-corrected chi connectivity index (χ2v) is 5.89. The highest BCUT2D eigenvalue weighted by atomic mass is 35.5. The van der Waals surface area contributed by atoms with E-state index in [2.05, 4.69) is 16.8 Å². The maximum Gasteiger partial charge on any atom is 0.161 e. The van der Waals surface area contributed by atoms with Crippen LogP contribution in [0.1, 0.15) is 12.6 Å². The molecule has 0 radical (unpaired) electrons. The molecule has 0 aliphatic carbocycles. The lowest BCUT2D eigenvalue weighted by Gasteiger charge is -2.32. The zero-order chi connectivity index (χ0) is 16.2. The van der Waals surface area contributed by atoms with Crippen LogP contribution in [0.25, 0.3) is 10.8 Å². The minimum atomic E-state index is 0. The van der Waals surface area contributed by atoms with Gasteiger partial charge in [-0.1, -0.05) is 0 Å². The minimum Gasteiger partial charge on any atom is -0.493 e. The summed E-state index contributed by atoms with van der Waals surface area (Å²) in [5.41, 5.74) is 1.10. The first-order valence-electron chi connectivity index (χ1n) is 8.04. The van der Waals surface area contributed by atoms with E-state index in [1.807, 2.05) is 24.4 Å². The molecule has 1 aromatic carbocycles. The normalized spacial score (nSPS) is 15.8. The van der Waals surface area contributed by atoms with Gasteiger partial charge >= 0.3 is 0 Å². The Balaban J connectivity index is 0.00000156. The quantitative estimate of drug-likeness (QED) is 0.785. The fourth-order valence-electron chi connectivity index (χ4n) is 3.15. The van der Waals surface area contributed by atoms with Crippen LogP contribution < -0.4 is 9.47 Å². The van der Waals surface area contributed by atoms with E-state index in [1.165, 1.54) is 0 Å². The van der Waals surface area contributed by atoms with E-state index < -0.39 is 0 Å². The van der Waals surface area contributed by atoms with Gasteiger partial charge in [-0.05, 0) is 30.5 Å². The van der Waals surface area contributed by atoms with Crippen LogP contribution in [-0.2, 0) is 11.2 Å². The van der Waals surface area contributed by atoms with Crippen molar-refractivity contribution in [3.05, 3.63) is 30.1 Å². The number of fused-ring (bicyclic) bond motifs is 1. The zero-order valence-electron chi connectivity index (χ0n) is 14.9. The summed E-state index contributed by atoms with van der Waals surface area (Å²) in [5.74, 6) is 1.49. The van der Waals surface area contributed by atoms with Crippen molar-refractivity contribution in [1.82, 2.24) is 9.88 Å². The first-order chi connectivity index (χ1) is 11.2. The van der Waals surface area contributed by atoms with Gasteiger partial charge in [-0.3, -0.25) is 9.88 Å². The highest BCUT2D eigenvalue weighted by molar-refractivity contribution is 5.88. The predicted molar refractivity (Wildman–Crippen MR) is 105 cm³/mol. The van der Waals surface area contributed by atoms with Crippen molar-refractivity contribution >= 4 is 35.6 Å². The number of methoxy groups -OCH3 is 2. The Labute approximate surface area is 161 Å². The van der Waals surface area contributed by atoms with E-state index in [4.69, 9.17) is 14.2 Å². The number of morpholine rings is 1. The third-order valence-corrected chi connectivity index (χ3v) is 4.51. The van der Waals surface area contributed by atoms with Gasteiger partial charge in [-0.2, -0.15) is 0 Å². The summed E-state index contributed by atoms with van der Waals surface area (Å²) in [6, 6.07) is 6.49. The first-order valence-corrected chi connectivity index (χ1v) is 8.04. The van der Waals surface area contributed by atoms with E-state index in [0.29, 0.717) is 6.04 Å². The molecule has 1 atom stereocenters. The van der Waals surface area contributed by atoms with Gasteiger partial charge in [0.1, 0.15) is 0 Å². The lowest BCUT2D eigenvalue weighted by Crippen LogP contribution is -2.43. The van der Waals surface area contributed by atoms with Gasteiger partial charge in [0, 0.05) is 42.8 Å². The number of rotatable bonds is 5. The van der Waals surface area contributed by atoms with Crippen molar-refractivity contribution in [3.8, 4) is 11.5 Å². The predicted octanol–water partition coefficient (Wildman–Crippen LogP) is 3.36. The van der Waals surface area contributed by atoms with E-state index in [1.54, 1.807) is 14.2 Å². The summed E-state index contributed by atoms with van der Waals surface area (Å²) in [5, 5.41) is 2.26. The van der Waals surface area contributed by atoms with Crippen molar-refractivity contribution < 1.29 is 14.2 Å². The smallest absolute Gasteiger partial charge is 0.161 e. The number of benzene rings is 1. The van der Waals surface area contributed by atoms with Crippen LogP contribution in [-0.4, -0.2) is 56.4 Å². The Hall–Kier alpha value is -1.27. The summed E-state index contributed by atoms with van der Waals surface area (Å²) in [4.78, 5) is 7.08. The van der Waals surface area contributed by atoms with Crippen LogP contribution in [0.5, 0.6) is 11.5 Å². The lowest BCUT2D eigenvalue weighted by molar-refractivity contribution is 0.0202. The average Bonchev–Trinajstić information content (AvgIpc) is 2.61. The zero-order valence-corrected chi connectivity index (χ0v) is 16.5. The Morgan fingerprint density at radius 1 is 1.12 bits per heavy atom. The Morgan fingerprint density at radius 2 is 1.76 bits per heavy atom. The van der Waals surface area contributed by atoms with Crippen LogP contribution in [0, 0.1) is 0 Å². The van der Waals surface area contributed by atoms with Gasteiger partial charge in [-0.15, -0.1) is 24.8 Å². The van der Waals surface area contributed by atoms with E-state index in [9.17, 15) is 0 Å². The van der Waals surface area contributed by atoms with Crippen molar-refractivity contribution in [1.29, 1.82) is 0 Å².